The van der Waals surface area contributed by atoms with E-state index in [1.54, 1.807) is 6.07 Å². The van der Waals surface area contributed by atoms with Crippen molar-refractivity contribution in [2.75, 3.05) is 13.1 Å². The van der Waals surface area contributed by atoms with Gasteiger partial charge in [0.25, 0.3) is 0 Å². The van der Waals surface area contributed by atoms with E-state index >= 15 is 0 Å². The van der Waals surface area contributed by atoms with Gasteiger partial charge in [0.05, 0.1) is 5.69 Å². The molecule has 0 bridgehead atoms. The lowest BCUT2D eigenvalue weighted by atomic mass is 10.3. The predicted molar refractivity (Wildman–Crippen MR) is 70.2 cm³/mol. The minimum absolute atomic E-state index is 0.170. The lowest BCUT2D eigenvalue weighted by Crippen LogP contribution is -2.20. The summed E-state index contributed by atoms with van der Waals surface area (Å²) in [5.41, 5.74) is 1.79. The zero-order chi connectivity index (χ0) is 12.4. The lowest BCUT2D eigenvalue weighted by Gasteiger charge is -2.17. The molecule has 1 aromatic carbocycles. The van der Waals surface area contributed by atoms with E-state index in [1.165, 1.54) is 18.9 Å². The first-order valence-corrected chi connectivity index (χ1v) is 6.48. The molecule has 18 heavy (non-hydrogen) atoms. The van der Waals surface area contributed by atoms with E-state index in [9.17, 15) is 4.39 Å². The lowest BCUT2D eigenvalue weighted by molar-refractivity contribution is 0.325. The van der Waals surface area contributed by atoms with Gasteiger partial charge in [0.15, 0.2) is 0 Å². The van der Waals surface area contributed by atoms with Crippen molar-refractivity contribution < 1.29 is 4.39 Å². The summed E-state index contributed by atoms with van der Waals surface area (Å²) in [5, 5.41) is 0. The number of hydrogen-bond donors (Lipinski definition) is 0. The van der Waals surface area contributed by atoms with Crippen LogP contribution < -0.4 is 0 Å². The van der Waals surface area contributed by atoms with Crippen molar-refractivity contribution in [3.63, 3.8) is 0 Å². The monoisotopic (exact) mass is 244 g/mol. The molecule has 94 valence electrons. The highest BCUT2D eigenvalue weighted by atomic mass is 19.1. The first-order valence-electron chi connectivity index (χ1n) is 6.48. The van der Waals surface area contributed by atoms with Gasteiger partial charge >= 0.3 is 0 Å². The topological polar surface area (TPSA) is 8.17 Å². The average molecular weight is 244 g/mol. The second-order valence-electron chi connectivity index (χ2n) is 4.80. The van der Waals surface area contributed by atoms with Gasteiger partial charge in [-0.1, -0.05) is 12.1 Å². The number of aromatic nitrogens is 1. The fourth-order valence-corrected chi connectivity index (χ4v) is 2.60. The molecule has 1 aliphatic rings. The van der Waals surface area contributed by atoms with Crippen LogP contribution in [0.4, 0.5) is 4.39 Å². The van der Waals surface area contributed by atoms with Crippen molar-refractivity contribution in [1.82, 2.24) is 9.47 Å². The van der Waals surface area contributed by atoms with Crippen molar-refractivity contribution in [3.05, 3.63) is 54.1 Å². The summed E-state index contributed by atoms with van der Waals surface area (Å²) in [6.07, 6.45) is 4.49. The Labute approximate surface area is 107 Å². The van der Waals surface area contributed by atoms with Crippen LogP contribution in [0, 0.1) is 5.82 Å². The molecule has 0 atom stereocenters. The third-order valence-electron chi connectivity index (χ3n) is 3.53. The molecule has 2 nitrogen and oxygen atoms in total. The fourth-order valence-electron chi connectivity index (χ4n) is 2.60. The molecule has 0 N–H and O–H groups in total. The molecule has 1 aromatic heterocycles. The summed E-state index contributed by atoms with van der Waals surface area (Å²) in [5.74, 6) is -0.170. The summed E-state index contributed by atoms with van der Waals surface area (Å²) in [4.78, 5) is 2.42. The molecular formula is C15H17FN2. The van der Waals surface area contributed by atoms with Crippen LogP contribution in [0.5, 0.6) is 0 Å². The summed E-state index contributed by atoms with van der Waals surface area (Å²) in [6.45, 7) is 3.21. The van der Waals surface area contributed by atoms with Crippen molar-refractivity contribution >= 4 is 0 Å². The maximum atomic E-state index is 13.8. The third-order valence-corrected chi connectivity index (χ3v) is 3.53. The van der Waals surface area contributed by atoms with E-state index < -0.39 is 0 Å². The Morgan fingerprint density at radius 2 is 1.78 bits per heavy atom. The quantitative estimate of drug-likeness (QED) is 0.805. The minimum Gasteiger partial charge on any atom is -0.317 e. The number of halogens is 1. The van der Waals surface area contributed by atoms with Crippen LogP contribution in [0.1, 0.15) is 18.5 Å². The molecule has 1 fully saturated rings. The molecule has 1 saturated heterocycles. The Hall–Kier alpha value is -1.61. The zero-order valence-electron chi connectivity index (χ0n) is 10.3. The molecular weight excluding hydrogens is 227 g/mol. The zero-order valence-corrected chi connectivity index (χ0v) is 10.3. The Morgan fingerprint density at radius 1 is 1.00 bits per heavy atom. The highest BCUT2D eigenvalue weighted by Crippen LogP contribution is 2.19. The van der Waals surface area contributed by atoms with E-state index in [1.807, 2.05) is 29.0 Å². The molecule has 0 spiro atoms. The smallest absolute Gasteiger partial charge is 0.147 e. The van der Waals surface area contributed by atoms with Crippen molar-refractivity contribution in [1.29, 1.82) is 0 Å². The van der Waals surface area contributed by atoms with E-state index in [2.05, 4.69) is 11.0 Å². The molecule has 0 unspecified atom stereocenters. The van der Waals surface area contributed by atoms with Crippen LogP contribution in [0.2, 0.25) is 0 Å². The molecule has 0 radical (unpaired) electrons. The number of nitrogens with zero attached hydrogens (tertiary/aromatic N) is 2. The number of para-hydroxylation sites is 1. The van der Waals surface area contributed by atoms with E-state index in [0.717, 1.165) is 25.3 Å². The standard InChI is InChI=1S/C15H17FN2/c16-14-7-1-2-8-15(14)18-11-5-6-13(18)12-17-9-3-4-10-17/h1-2,5-8,11H,3-4,9-10,12H2. The third kappa shape index (κ3) is 2.18. The van der Waals surface area contributed by atoms with Crippen LogP contribution >= 0.6 is 0 Å². The van der Waals surface area contributed by atoms with Gasteiger partial charge in [0.2, 0.25) is 0 Å². The number of likely N-dealkylation sites (tertiary alicyclic amines) is 1. The largest absolute Gasteiger partial charge is 0.317 e. The minimum atomic E-state index is -0.170. The summed E-state index contributed by atoms with van der Waals surface area (Å²) < 4.78 is 15.8. The maximum absolute atomic E-state index is 13.8. The highest BCUT2D eigenvalue weighted by molar-refractivity contribution is 5.36. The Balaban J connectivity index is 1.89. The van der Waals surface area contributed by atoms with Crippen LogP contribution in [0.25, 0.3) is 5.69 Å². The van der Waals surface area contributed by atoms with Crippen molar-refractivity contribution in [2.24, 2.45) is 0 Å². The van der Waals surface area contributed by atoms with Crippen LogP contribution in [-0.2, 0) is 6.54 Å². The van der Waals surface area contributed by atoms with Gasteiger partial charge in [0, 0.05) is 18.4 Å². The second kappa shape index (κ2) is 4.94. The average Bonchev–Trinajstić information content (AvgIpc) is 3.02. The van der Waals surface area contributed by atoms with Gasteiger partial charge in [-0.25, -0.2) is 4.39 Å². The molecule has 0 saturated carbocycles. The highest BCUT2D eigenvalue weighted by Gasteiger charge is 2.14. The molecule has 0 aliphatic carbocycles. The molecule has 0 amide bonds. The summed E-state index contributed by atoms with van der Waals surface area (Å²) in [7, 11) is 0. The van der Waals surface area contributed by atoms with E-state index in [4.69, 9.17) is 0 Å². The first-order chi connectivity index (χ1) is 8.84. The van der Waals surface area contributed by atoms with Crippen molar-refractivity contribution in [3.8, 4) is 5.69 Å². The first kappa shape index (κ1) is 11.5. The SMILES string of the molecule is Fc1ccccc1-n1cccc1CN1CCCC1. The molecule has 2 aromatic rings. The Morgan fingerprint density at radius 3 is 2.56 bits per heavy atom. The van der Waals surface area contributed by atoms with E-state index in [-0.39, 0.29) is 5.82 Å². The summed E-state index contributed by atoms with van der Waals surface area (Å²) >= 11 is 0. The Kier molecular flexibility index (Phi) is 3.15. The van der Waals surface area contributed by atoms with Gasteiger partial charge < -0.3 is 4.57 Å². The van der Waals surface area contributed by atoms with Gasteiger partial charge in [-0.2, -0.15) is 0 Å². The van der Waals surface area contributed by atoms with Crippen LogP contribution in [0.15, 0.2) is 42.6 Å². The normalized spacial score (nSPS) is 16.3. The molecule has 2 heterocycles. The second-order valence-corrected chi connectivity index (χ2v) is 4.80. The Bertz CT molecular complexity index is 527. The van der Waals surface area contributed by atoms with Crippen LogP contribution in [-0.4, -0.2) is 22.6 Å². The van der Waals surface area contributed by atoms with Crippen LogP contribution in [0.3, 0.4) is 0 Å². The van der Waals surface area contributed by atoms with Gasteiger partial charge in [-0.3, -0.25) is 4.90 Å². The number of rotatable bonds is 3. The number of hydrogen-bond acceptors (Lipinski definition) is 1. The summed E-state index contributed by atoms with van der Waals surface area (Å²) in [6, 6.07) is 11.0. The van der Waals surface area contributed by atoms with E-state index in [0.29, 0.717) is 5.69 Å². The predicted octanol–water partition coefficient (Wildman–Crippen LogP) is 3.21. The van der Waals surface area contributed by atoms with Gasteiger partial charge in [-0.15, -0.1) is 0 Å². The molecule has 3 rings (SSSR count). The van der Waals surface area contributed by atoms with Gasteiger partial charge in [-0.05, 0) is 50.2 Å². The molecule has 3 heteroatoms. The maximum Gasteiger partial charge on any atom is 0.147 e. The number of benzene rings is 1. The molecule has 1 aliphatic heterocycles. The van der Waals surface area contributed by atoms with Crippen molar-refractivity contribution in [2.45, 2.75) is 19.4 Å². The fraction of sp³-hybridized carbons (Fsp3) is 0.333. The van der Waals surface area contributed by atoms with Gasteiger partial charge in [0.1, 0.15) is 5.82 Å².